The van der Waals surface area contributed by atoms with Crippen molar-refractivity contribution in [1.29, 1.82) is 5.41 Å². The number of carbonyl (C=O) groups is 1. The molecule has 0 saturated heterocycles. The Morgan fingerprint density at radius 3 is 2.62 bits per heavy atom. The minimum atomic E-state index is -4.79. The van der Waals surface area contributed by atoms with E-state index < -0.39 is 27.2 Å². The van der Waals surface area contributed by atoms with Gasteiger partial charge in [0.05, 0.1) is 7.11 Å². The zero-order valence-electron chi connectivity index (χ0n) is 8.56. The number of nitrogens with two attached hydrogens (primary N) is 1. The molecular weight excluding hydrogens is 236 g/mol. The van der Waals surface area contributed by atoms with Crippen molar-refractivity contribution in [3.63, 3.8) is 0 Å². The molecule has 4 N–H and O–H groups in total. The predicted octanol–water partition coefficient (Wildman–Crippen LogP) is -0.558. The van der Waals surface area contributed by atoms with Gasteiger partial charge in [0.2, 0.25) is 10.7 Å². The van der Waals surface area contributed by atoms with E-state index in [-0.39, 0.29) is 17.9 Å². The van der Waals surface area contributed by atoms with E-state index in [9.17, 15) is 13.2 Å². The lowest BCUT2D eigenvalue weighted by atomic mass is 9.90. The molecule has 1 unspecified atom stereocenters. The molecule has 0 radical (unpaired) electrons. The van der Waals surface area contributed by atoms with Crippen LogP contribution in [0.25, 0.3) is 0 Å². The van der Waals surface area contributed by atoms with Crippen molar-refractivity contribution in [2.45, 2.75) is 17.6 Å². The van der Waals surface area contributed by atoms with Gasteiger partial charge in [-0.3, -0.25) is 9.35 Å². The van der Waals surface area contributed by atoms with E-state index in [1.807, 2.05) is 0 Å². The van der Waals surface area contributed by atoms with Crippen LogP contribution in [0.5, 0.6) is 0 Å². The van der Waals surface area contributed by atoms with Crippen LogP contribution in [0.3, 0.4) is 0 Å². The molecule has 1 aliphatic rings. The summed E-state index contributed by atoms with van der Waals surface area (Å²) in [6.07, 6.45) is 0.929. The first-order chi connectivity index (χ1) is 7.25. The van der Waals surface area contributed by atoms with E-state index in [1.54, 1.807) is 0 Å². The van der Waals surface area contributed by atoms with E-state index in [4.69, 9.17) is 20.4 Å². The van der Waals surface area contributed by atoms with Crippen molar-refractivity contribution in [3.05, 3.63) is 11.8 Å². The molecule has 0 spiro atoms. The van der Waals surface area contributed by atoms with Crippen molar-refractivity contribution in [2.24, 2.45) is 5.73 Å². The number of allylic oxidation sites excluding steroid dienone is 1. The van der Waals surface area contributed by atoms with Gasteiger partial charge in [-0.05, 0) is 6.08 Å². The lowest BCUT2D eigenvalue weighted by molar-refractivity contribution is -0.120. The number of carbonyl (C=O) groups excluding carboxylic acids is 1. The van der Waals surface area contributed by atoms with Gasteiger partial charge in [-0.25, -0.2) is 0 Å². The first kappa shape index (κ1) is 12.7. The smallest absolute Gasteiger partial charge is 0.287 e. The number of amides is 1. The van der Waals surface area contributed by atoms with Crippen LogP contribution in [-0.2, 0) is 19.6 Å². The normalized spacial score (nSPS) is 26.1. The maximum Gasteiger partial charge on any atom is 0.287 e. The third kappa shape index (κ3) is 1.69. The van der Waals surface area contributed by atoms with Gasteiger partial charge >= 0.3 is 0 Å². The van der Waals surface area contributed by atoms with Crippen LogP contribution in [-0.4, -0.2) is 36.4 Å². The Hall–Kier alpha value is -1.41. The average Bonchev–Trinajstić information content (AvgIpc) is 2.15. The Morgan fingerprint density at radius 2 is 2.25 bits per heavy atom. The third-order valence-electron chi connectivity index (χ3n) is 2.45. The highest BCUT2D eigenvalue weighted by atomic mass is 32.2. The third-order valence-corrected chi connectivity index (χ3v) is 3.88. The highest BCUT2D eigenvalue weighted by molar-refractivity contribution is 7.88. The lowest BCUT2D eigenvalue weighted by Crippen LogP contribution is -2.54. The van der Waals surface area contributed by atoms with Crippen molar-refractivity contribution in [3.8, 4) is 0 Å². The molecule has 90 valence electrons. The lowest BCUT2D eigenvalue weighted by Gasteiger charge is -2.31. The maximum absolute atomic E-state index is 11.3. The number of ether oxygens (including phenoxy) is 1. The maximum atomic E-state index is 11.3. The van der Waals surface area contributed by atoms with Crippen LogP contribution in [0.1, 0.15) is 12.8 Å². The largest absolute Gasteiger partial charge is 0.499 e. The summed E-state index contributed by atoms with van der Waals surface area (Å²) in [5.41, 5.74) is 5.00. The van der Waals surface area contributed by atoms with Crippen LogP contribution >= 0.6 is 0 Å². The Morgan fingerprint density at radius 1 is 1.69 bits per heavy atom. The summed E-state index contributed by atoms with van der Waals surface area (Å²) in [6, 6.07) is 0. The first-order valence-electron chi connectivity index (χ1n) is 4.33. The monoisotopic (exact) mass is 248 g/mol. The molecule has 0 fully saturated rings. The Kier molecular flexibility index (Phi) is 3.06. The fraction of sp³-hybridized carbons (Fsp3) is 0.500. The van der Waals surface area contributed by atoms with Crippen LogP contribution in [0.15, 0.2) is 11.8 Å². The zero-order chi connectivity index (χ0) is 12.6. The zero-order valence-corrected chi connectivity index (χ0v) is 9.37. The number of primary amides is 1. The molecule has 16 heavy (non-hydrogen) atoms. The standard InChI is InChI=1S/C8H12N2O5S/c1-15-6-3-2-5(9)4-8(6,7(10)11)16(12,13)14/h3,9H,2,4H2,1H3,(H2,10,11)(H,12,13,14). The van der Waals surface area contributed by atoms with E-state index in [2.05, 4.69) is 0 Å². The summed E-state index contributed by atoms with van der Waals surface area (Å²) in [5, 5.41) is 7.40. The molecule has 0 bridgehead atoms. The van der Waals surface area contributed by atoms with Gasteiger partial charge in [-0.1, -0.05) is 0 Å². The van der Waals surface area contributed by atoms with Crippen molar-refractivity contribution >= 4 is 21.7 Å². The molecule has 8 heteroatoms. The molecule has 0 heterocycles. The molecule has 0 aromatic carbocycles. The second kappa shape index (κ2) is 3.87. The van der Waals surface area contributed by atoms with Crippen LogP contribution in [0.2, 0.25) is 0 Å². The van der Waals surface area contributed by atoms with E-state index in [1.165, 1.54) is 13.2 Å². The number of hydrogen-bond donors (Lipinski definition) is 3. The summed E-state index contributed by atoms with van der Waals surface area (Å²) in [5.74, 6) is -1.49. The predicted molar refractivity (Wildman–Crippen MR) is 55.5 cm³/mol. The topological polar surface area (TPSA) is 131 Å². The van der Waals surface area contributed by atoms with Crippen LogP contribution in [0, 0.1) is 5.41 Å². The van der Waals surface area contributed by atoms with Gasteiger partial charge in [0.15, 0.2) is 0 Å². The van der Waals surface area contributed by atoms with Gasteiger partial charge in [0, 0.05) is 18.6 Å². The molecule has 0 aliphatic heterocycles. The van der Waals surface area contributed by atoms with E-state index in [0.717, 1.165) is 0 Å². The van der Waals surface area contributed by atoms with Crippen LogP contribution in [0.4, 0.5) is 0 Å². The Bertz CT molecular complexity index is 467. The Balaban J connectivity index is 3.50. The van der Waals surface area contributed by atoms with Crippen molar-refractivity contribution in [2.75, 3.05) is 7.11 Å². The number of hydrogen-bond acceptors (Lipinski definition) is 5. The highest BCUT2D eigenvalue weighted by Crippen LogP contribution is 2.34. The minimum absolute atomic E-state index is 0.0165. The first-order valence-corrected chi connectivity index (χ1v) is 5.77. The average molecular weight is 248 g/mol. The van der Waals surface area contributed by atoms with Gasteiger partial charge < -0.3 is 15.9 Å². The SMILES string of the molecule is COC1=CCC(=N)CC1(C(N)=O)S(=O)(=O)O. The molecule has 7 nitrogen and oxygen atoms in total. The summed E-state index contributed by atoms with van der Waals surface area (Å²) < 4.78 is 34.1. The van der Waals surface area contributed by atoms with Gasteiger partial charge in [-0.2, -0.15) is 8.42 Å². The molecular formula is C8H12N2O5S. The summed E-state index contributed by atoms with van der Waals surface area (Å²) in [4.78, 5) is 11.3. The molecule has 1 aliphatic carbocycles. The second-order valence-electron chi connectivity index (χ2n) is 3.42. The van der Waals surface area contributed by atoms with E-state index in [0.29, 0.717) is 0 Å². The van der Waals surface area contributed by atoms with E-state index >= 15 is 0 Å². The van der Waals surface area contributed by atoms with Crippen molar-refractivity contribution < 1.29 is 22.5 Å². The quantitative estimate of drug-likeness (QED) is 0.576. The van der Waals surface area contributed by atoms with Gasteiger partial charge in [-0.15, -0.1) is 0 Å². The molecule has 1 amide bonds. The van der Waals surface area contributed by atoms with Gasteiger partial charge in [0.25, 0.3) is 10.1 Å². The number of rotatable bonds is 3. The molecule has 0 aromatic rings. The molecule has 1 atom stereocenters. The number of methoxy groups -OCH3 is 1. The number of nitrogens with one attached hydrogen (secondary N) is 1. The fourth-order valence-corrected chi connectivity index (χ4v) is 2.67. The van der Waals surface area contributed by atoms with Gasteiger partial charge in [0.1, 0.15) is 5.76 Å². The summed E-state index contributed by atoms with van der Waals surface area (Å²) >= 11 is 0. The minimum Gasteiger partial charge on any atom is -0.499 e. The second-order valence-corrected chi connectivity index (χ2v) is 5.07. The Labute approximate surface area is 92.5 Å². The summed E-state index contributed by atoms with van der Waals surface area (Å²) in [6.45, 7) is 0. The van der Waals surface area contributed by atoms with Crippen molar-refractivity contribution in [1.82, 2.24) is 0 Å². The molecule has 1 rings (SSSR count). The molecule has 0 saturated carbocycles. The fourth-order valence-electron chi connectivity index (χ4n) is 1.64. The van der Waals surface area contributed by atoms with Crippen LogP contribution < -0.4 is 5.73 Å². The summed E-state index contributed by atoms with van der Waals surface area (Å²) in [7, 11) is -3.62. The highest BCUT2D eigenvalue weighted by Gasteiger charge is 2.55. The molecule has 0 aromatic heterocycles.